The maximum atomic E-state index is 12.9. The zero-order valence-corrected chi connectivity index (χ0v) is 50.0. The molecule has 0 heterocycles. The maximum Gasteiger partial charge on any atom is 0.306 e. The van der Waals surface area contributed by atoms with E-state index in [0.29, 0.717) is 19.3 Å². The third-order valence-corrected chi connectivity index (χ3v) is 13.8. The predicted molar refractivity (Wildman–Crippen MR) is 330 cm³/mol. The van der Waals surface area contributed by atoms with Gasteiger partial charge in [-0.2, -0.15) is 0 Å². The van der Waals surface area contributed by atoms with E-state index in [-0.39, 0.29) is 31.1 Å². The van der Waals surface area contributed by atoms with Crippen molar-refractivity contribution in [3.8, 4) is 0 Å². The Labute approximate surface area is 470 Å². The number of rotatable bonds is 58. The van der Waals surface area contributed by atoms with Crippen LogP contribution in [0.4, 0.5) is 0 Å². The SMILES string of the molecule is CC/C=C\C/C=C\C/C=C\C/C=C\C/C=C\CCCCCCCCCCCC(=O)OCC(COC(=O)CCCCC/C=C\C/C=C\C/C=C\CC)OC(=O)CCCCCCCCCCCCCCCCCCCCCC. The van der Waals surface area contributed by atoms with Gasteiger partial charge in [-0.25, -0.2) is 0 Å². The number of carbonyl (C=O) groups excluding carboxylic acids is 3. The molecule has 0 aromatic heterocycles. The molecule has 1 atom stereocenters. The molecule has 0 radical (unpaired) electrons. The minimum atomic E-state index is -0.792. The second kappa shape index (κ2) is 63.9. The van der Waals surface area contributed by atoms with Crippen LogP contribution in [0.25, 0.3) is 0 Å². The van der Waals surface area contributed by atoms with Gasteiger partial charge >= 0.3 is 17.9 Å². The summed E-state index contributed by atoms with van der Waals surface area (Å²) in [7, 11) is 0. The summed E-state index contributed by atoms with van der Waals surface area (Å²) in [6.07, 6.45) is 85.6. The first kappa shape index (κ1) is 72.3. The molecule has 0 saturated carbocycles. The zero-order valence-electron chi connectivity index (χ0n) is 50.0. The van der Waals surface area contributed by atoms with Crippen LogP contribution in [0.1, 0.15) is 310 Å². The highest BCUT2D eigenvalue weighted by Crippen LogP contribution is 2.17. The van der Waals surface area contributed by atoms with Gasteiger partial charge in [0.1, 0.15) is 13.2 Å². The molecule has 76 heavy (non-hydrogen) atoms. The van der Waals surface area contributed by atoms with Crippen LogP contribution in [0.2, 0.25) is 0 Å². The molecule has 0 aromatic carbocycles. The number of hydrogen-bond donors (Lipinski definition) is 0. The third kappa shape index (κ3) is 61.2. The van der Waals surface area contributed by atoms with Crippen LogP contribution >= 0.6 is 0 Å². The minimum absolute atomic E-state index is 0.0881. The highest BCUT2D eigenvalue weighted by atomic mass is 16.6. The van der Waals surface area contributed by atoms with Gasteiger partial charge in [0.15, 0.2) is 6.10 Å². The summed E-state index contributed by atoms with van der Waals surface area (Å²) in [4.78, 5) is 38.3. The highest BCUT2D eigenvalue weighted by Gasteiger charge is 2.19. The van der Waals surface area contributed by atoms with E-state index in [1.54, 1.807) is 0 Å². The fourth-order valence-corrected chi connectivity index (χ4v) is 9.07. The van der Waals surface area contributed by atoms with Crippen molar-refractivity contribution in [2.24, 2.45) is 0 Å². The van der Waals surface area contributed by atoms with E-state index < -0.39 is 6.10 Å². The average Bonchev–Trinajstić information content (AvgIpc) is 3.42. The summed E-state index contributed by atoms with van der Waals surface area (Å²) in [5, 5.41) is 0. The highest BCUT2D eigenvalue weighted by molar-refractivity contribution is 5.71. The lowest BCUT2D eigenvalue weighted by atomic mass is 10.0. The lowest BCUT2D eigenvalue weighted by molar-refractivity contribution is -0.167. The van der Waals surface area contributed by atoms with Crippen molar-refractivity contribution in [2.45, 2.75) is 316 Å². The first-order valence-electron chi connectivity index (χ1n) is 32.2. The molecule has 0 aromatic rings. The van der Waals surface area contributed by atoms with Gasteiger partial charge in [0.25, 0.3) is 0 Å². The number of ether oxygens (including phenoxy) is 3. The molecule has 0 aliphatic rings. The van der Waals surface area contributed by atoms with Crippen molar-refractivity contribution >= 4 is 17.9 Å². The molecule has 1 unspecified atom stereocenters. The van der Waals surface area contributed by atoms with Gasteiger partial charge in [0.05, 0.1) is 0 Å². The molecular formula is C70H120O6. The van der Waals surface area contributed by atoms with Crippen LogP contribution in [-0.4, -0.2) is 37.2 Å². The van der Waals surface area contributed by atoms with Crippen molar-refractivity contribution in [2.75, 3.05) is 13.2 Å². The van der Waals surface area contributed by atoms with E-state index in [4.69, 9.17) is 14.2 Å². The first-order chi connectivity index (χ1) is 37.5. The summed E-state index contributed by atoms with van der Waals surface area (Å²) >= 11 is 0. The molecule has 6 nitrogen and oxygen atoms in total. The van der Waals surface area contributed by atoms with Crippen molar-refractivity contribution in [1.29, 1.82) is 0 Å². The molecule has 436 valence electrons. The molecule has 6 heteroatoms. The van der Waals surface area contributed by atoms with Crippen molar-refractivity contribution in [1.82, 2.24) is 0 Å². The average molecular weight is 1060 g/mol. The molecule has 0 spiro atoms. The van der Waals surface area contributed by atoms with Gasteiger partial charge in [0, 0.05) is 19.3 Å². The number of allylic oxidation sites excluding steroid dienone is 16. The van der Waals surface area contributed by atoms with E-state index in [0.717, 1.165) is 122 Å². The Morgan fingerprint density at radius 3 is 0.816 bits per heavy atom. The topological polar surface area (TPSA) is 78.9 Å². The van der Waals surface area contributed by atoms with Crippen LogP contribution in [0.5, 0.6) is 0 Å². The Kier molecular flexibility index (Phi) is 60.8. The second-order valence-electron chi connectivity index (χ2n) is 21.3. The normalized spacial score (nSPS) is 12.7. The van der Waals surface area contributed by atoms with Crippen LogP contribution < -0.4 is 0 Å². The Bertz CT molecular complexity index is 1490. The van der Waals surface area contributed by atoms with Crippen LogP contribution in [0, 0.1) is 0 Å². The summed E-state index contributed by atoms with van der Waals surface area (Å²) in [5.41, 5.74) is 0. The second-order valence-corrected chi connectivity index (χ2v) is 21.3. The Morgan fingerprint density at radius 2 is 0.513 bits per heavy atom. The standard InChI is InChI=1S/C70H120O6/c1-4-7-10-13-16-19-22-25-27-29-31-33-34-35-36-37-39-40-42-45-48-51-54-57-60-63-69(72)75-66-67(65-74-68(71)62-59-56-53-50-47-44-24-21-18-15-12-9-6-3)76-70(73)64-61-58-55-52-49-46-43-41-38-32-30-28-26-23-20-17-14-11-8-5-2/h7,9-10,12,16,18-19,21,25,27,31,33,35-36,44,47,67H,4-6,8,11,13-15,17,20,22-24,26,28-30,32,34,37-43,45-46,48-66H2,1-3H3/b10-7-,12-9-,19-16-,21-18-,27-25-,33-31-,36-35-,47-44-. The summed E-state index contributed by atoms with van der Waals surface area (Å²) < 4.78 is 16.9. The predicted octanol–water partition coefficient (Wildman–Crippen LogP) is 22.0. The van der Waals surface area contributed by atoms with Gasteiger partial charge < -0.3 is 14.2 Å². The maximum absolute atomic E-state index is 12.9. The smallest absolute Gasteiger partial charge is 0.306 e. The molecule has 0 rings (SSSR count). The summed E-state index contributed by atoms with van der Waals surface area (Å²) in [5.74, 6) is -0.912. The number of unbranched alkanes of at least 4 members (excludes halogenated alkanes) is 31. The fraction of sp³-hybridized carbons (Fsp3) is 0.729. The van der Waals surface area contributed by atoms with Gasteiger partial charge in [0.2, 0.25) is 0 Å². The van der Waals surface area contributed by atoms with E-state index >= 15 is 0 Å². The van der Waals surface area contributed by atoms with Gasteiger partial charge in [-0.15, -0.1) is 0 Å². The van der Waals surface area contributed by atoms with Crippen LogP contribution in [0.15, 0.2) is 97.2 Å². The molecule has 0 fully saturated rings. The molecule has 0 amide bonds. The van der Waals surface area contributed by atoms with Crippen molar-refractivity contribution < 1.29 is 28.6 Å². The van der Waals surface area contributed by atoms with Crippen molar-refractivity contribution in [3.63, 3.8) is 0 Å². The van der Waals surface area contributed by atoms with Gasteiger partial charge in [-0.1, -0.05) is 291 Å². The Hall–Kier alpha value is -3.67. The molecule has 0 aliphatic carbocycles. The van der Waals surface area contributed by atoms with Gasteiger partial charge in [-0.3, -0.25) is 14.4 Å². The van der Waals surface area contributed by atoms with E-state index in [9.17, 15) is 14.4 Å². The Balaban J connectivity index is 4.33. The van der Waals surface area contributed by atoms with Crippen LogP contribution in [0.3, 0.4) is 0 Å². The quantitative estimate of drug-likeness (QED) is 0.0261. The number of carbonyl (C=O) groups is 3. The zero-order chi connectivity index (χ0) is 55.0. The van der Waals surface area contributed by atoms with Crippen molar-refractivity contribution in [3.05, 3.63) is 97.2 Å². The molecule has 0 saturated heterocycles. The summed E-state index contributed by atoms with van der Waals surface area (Å²) in [6, 6.07) is 0. The lowest BCUT2D eigenvalue weighted by Gasteiger charge is -2.18. The third-order valence-electron chi connectivity index (χ3n) is 13.8. The largest absolute Gasteiger partial charge is 0.462 e. The molecule has 0 aliphatic heterocycles. The number of hydrogen-bond acceptors (Lipinski definition) is 6. The van der Waals surface area contributed by atoms with Crippen LogP contribution in [-0.2, 0) is 28.6 Å². The first-order valence-corrected chi connectivity index (χ1v) is 32.2. The number of esters is 3. The minimum Gasteiger partial charge on any atom is -0.462 e. The van der Waals surface area contributed by atoms with Gasteiger partial charge in [-0.05, 0) is 96.3 Å². The molecule has 0 N–H and O–H groups in total. The summed E-state index contributed by atoms with van der Waals surface area (Å²) in [6.45, 7) is 6.42. The monoisotopic (exact) mass is 1060 g/mol. The van der Waals surface area contributed by atoms with E-state index in [1.165, 1.54) is 148 Å². The Morgan fingerprint density at radius 1 is 0.276 bits per heavy atom. The molecular weight excluding hydrogens is 937 g/mol. The lowest BCUT2D eigenvalue weighted by Crippen LogP contribution is -2.30. The van der Waals surface area contributed by atoms with E-state index in [1.807, 2.05) is 0 Å². The van der Waals surface area contributed by atoms with E-state index in [2.05, 4.69) is 118 Å². The fourth-order valence-electron chi connectivity index (χ4n) is 9.07. The molecule has 0 bridgehead atoms.